The summed E-state index contributed by atoms with van der Waals surface area (Å²) in [7, 11) is 0. The van der Waals surface area contributed by atoms with Crippen molar-refractivity contribution < 1.29 is 4.79 Å². The molecule has 0 amide bonds. The third kappa shape index (κ3) is 3.17. The Morgan fingerprint density at radius 3 is 3.04 bits per heavy atom. The SMILES string of the molecule is CCn1c(SCC(=O)c2cccs2)nc2sc3c(c2c1=O)CC[C@@H](C)C3. The Morgan fingerprint density at radius 1 is 1.46 bits per heavy atom. The minimum atomic E-state index is 0.0515. The fourth-order valence-corrected chi connectivity index (χ4v) is 6.56. The third-order valence-electron chi connectivity index (χ3n) is 4.82. The van der Waals surface area contributed by atoms with Gasteiger partial charge in [-0.05, 0) is 49.1 Å². The molecule has 0 saturated carbocycles. The summed E-state index contributed by atoms with van der Waals surface area (Å²) in [5.41, 5.74) is 1.27. The third-order valence-corrected chi connectivity index (χ3v) is 7.86. The molecule has 26 heavy (non-hydrogen) atoms. The zero-order chi connectivity index (χ0) is 18.3. The Bertz CT molecular complexity index is 1020. The number of carbonyl (C=O) groups excluding carboxylic acids is 1. The molecule has 4 nitrogen and oxygen atoms in total. The first kappa shape index (κ1) is 17.9. The zero-order valence-electron chi connectivity index (χ0n) is 14.8. The second-order valence-corrected chi connectivity index (χ2v) is 9.64. The van der Waals surface area contributed by atoms with E-state index in [0.717, 1.165) is 34.4 Å². The Balaban J connectivity index is 1.71. The van der Waals surface area contributed by atoms with Crippen molar-refractivity contribution in [1.29, 1.82) is 0 Å². The molecule has 7 heteroatoms. The van der Waals surface area contributed by atoms with E-state index in [0.29, 0.717) is 23.4 Å². The van der Waals surface area contributed by atoms with E-state index in [9.17, 15) is 9.59 Å². The molecule has 0 bridgehead atoms. The molecular formula is C19H20N2O2S3. The molecule has 1 atom stereocenters. The summed E-state index contributed by atoms with van der Waals surface area (Å²) >= 11 is 4.48. The van der Waals surface area contributed by atoms with Gasteiger partial charge in [0.1, 0.15) is 4.83 Å². The van der Waals surface area contributed by atoms with E-state index in [-0.39, 0.29) is 11.3 Å². The Kier molecular flexibility index (Phi) is 5.03. The van der Waals surface area contributed by atoms with Crippen LogP contribution in [0.1, 0.15) is 40.4 Å². The minimum absolute atomic E-state index is 0.0515. The van der Waals surface area contributed by atoms with Crippen molar-refractivity contribution in [2.45, 2.75) is 44.8 Å². The number of hydrogen-bond donors (Lipinski definition) is 0. The number of aromatic nitrogens is 2. The van der Waals surface area contributed by atoms with Gasteiger partial charge in [0, 0.05) is 11.4 Å². The number of rotatable bonds is 5. The molecule has 0 radical (unpaired) electrons. The van der Waals surface area contributed by atoms with E-state index < -0.39 is 0 Å². The second-order valence-electron chi connectivity index (χ2n) is 6.66. The van der Waals surface area contributed by atoms with Crippen molar-refractivity contribution in [3.63, 3.8) is 0 Å². The Labute approximate surface area is 164 Å². The molecule has 0 N–H and O–H groups in total. The lowest BCUT2D eigenvalue weighted by molar-refractivity contribution is 0.102. The Morgan fingerprint density at radius 2 is 2.31 bits per heavy atom. The molecule has 4 rings (SSSR count). The lowest BCUT2D eigenvalue weighted by Gasteiger charge is -2.17. The molecule has 1 aliphatic rings. The van der Waals surface area contributed by atoms with Crippen LogP contribution in [0.5, 0.6) is 0 Å². The van der Waals surface area contributed by atoms with E-state index >= 15 is 0 Å². The summed E-state index contributed by atoms with van der Waals surface area (Å²) in [5, 5.41) is 3.37. The highest BCUT2D eigenvalue weighted by Gasteiger charge is 2.24. The fourth-order valence-electron chi connectivity index (χ4n) is 3.43. The summed E-state index contributed by atoms with van der Waals surface area (Å²) in [4.78, 5) is 33.1. The van der Waals surface area contributed by atoms with Crippen LogP contribution in [-0.2, 0) is 19.4 Å². The van der Waals surface area contributed by atoms with Gasteiger partial charge < -0.3 is 0 Å². The van der Waals surface area contributed by atoms with Gasteiger partial charge in [-0.15, -0.1) is 22.7 Å². The van der Waals surface area contributed by atoms with E-state index in [1.165, 1.54) is 33.5 Å². The lowest BCUT2D eigenvalue weighted by atomic mass is 9.89. The van der Waals surface area contributed by atoms with Gasteiger partial charge in [0.2, 0.25) is 0 Å². The van der Waals surface area contributed by atoms with Crippen molar-refractivity contribution >= 4 is 50.4 Å². The van der Waals surface area contributed by atoms with Gasteiger partial charge in [-0.3, -0.25) is 14.2 Å². The van der Waals surface area contributed by atoms with Crippen molar-refractivity contribution in [2.75, 3.05) is 5.75 Å². The van der Waals surface area contributed by atoms with Crippen LogP contribution in [0.25, 0.3) is 10.2 Å². The molecule has 3 aromatic heterocycles. The molecule has 0 saturated heterocycles. The van der Waals surface area contributed by atoms with Gasteiger partial charge in [-0.1, -0.05) is 24.8 Å². The van der Waals surface area contributed by atoms with Crippen LogP contribution in [0.3, 0.4) is 0 Å². The molecule has 0 fully saturated rings. The van der Waals surface area contributed by atoms with Gasteiger partial charge in [-0.2, -0.15) is 0 Å². The number of ketones is 1. The first-order chi connectivity index (χ1) is 12.6. The van der Waals surface area contributed by atoms with Crippen molar-refractivity contribution in [3.05, 3.63) is 43.2 Å². The van der Waals surface area contributed by atoms with Crippen molar-refractivity contribution in [1.82, 2.24) is 9.55 Å². The fraction of sp³-hybridized carbons (Fsp3) is 0.421. The maximum absolute atomic E-state index is 13.1. The number of nitrogens with zero attached hydrogens (tertiary/aromatic N) is 2. The molecule has 0 spiro atoms. The number of hydrogen-bond acceptors (Lipinski definition) is 6. The van der Waals surface area contributed by atoms with Crippen LogP contribution in [0.15, 0.2) is 27.5 Å². The van der Waals surface area contributed by atoms with E-state index in [2.05, 4.69) is 6.92 Å². The predicted octanol–water partition coefficient (Wildman–Crippen LogP) is 4.64. The van der Waals surface area contributed by atoms with E-state index in [1.807, 2.05) is 24.4 Å². The number of carbonyl (C=O) groups is 1. The number of Topliss-reactive ketones (excluding diaryl/α,β-unsaturated/α-hetero) is 1. The smallest absolute Gasteiger partial charge is 0.263 e. The van der Waals surface area contributed by atoms with Gasteiger partial charge in [0.25, 0.3) is 5.56 Å². The number of fused-ring (bicyclic) bond motifs is 3. The molecule has 1 aliphatic carbocycles. The average molecular weight is 405 g/mol. The van der Waals surface area contributed by atoms with E-state index in [1.54, 1.807) is 15.9 Å². The lowest BCUT2D eigenvalue weighted by Crippen LogP contribution is -2.23. The summed E-state index contributed by atoms with van der Waals surface area (Å²) in [6, 6.07) is 3.72. The second kappa shape index (κ2) is 7.29. The van der Waals surface area contributed by atoms with Crippen LogP contribution < -0.4 is 5.56 Å². The highest BCUT2D eigenvalue weighted by Crippen LogP contribution is 2.36. The normalized spacial score (nSPS) is 16.8. The molecular weight excluding hydrogens is 384 g/mol. The summed E-state index contributed by atoms with van der Waals surface area (Å²) in [5.74, 6) is 1.06. The maximum Gasteiger partial charge on any atom is 0.263 e. The predicted molar refractivity (Wildman–Crippen MR) is 110 cm³/mol. The van der Waals surface area contributed by atoms with Crippen LogP contribution in [-0.4, -0.2) is 21.1 Å². The first-order valence-electron chi connectivity index (χ1n) is 8.83. The topological polar surface area (TPSA) is 52.0 Å². The quantitative estimate of drug-likeness (QED) is 0.353. The standard InChI is InChI=1S/C19H20N2O2S3/c1-3-21-18(23)16-12-7-6-11(2)9-15(12)26-17(16)20-19(21)25-10-13(22)14-5-4-8-24-14/h4-5,8,11H,3,6-7,9-10H2,1-2H3/t11-/m1/s1. The van der Waals surface area contributed by atoms with Crippen molar-refractivity contribution in [3.8, 4) is 0 Å². The number of thioether (sulfide) groups is 1. The zero-order valence-corrected chi connectivity index (χ0v) is 17.2. The number of aryl methyl sites for hydroxylation is 1. The van der Waals surface area contributed by atoms with Crippen LogP contribution in [0.4, 0.5) is 0 Å². The molecule has 3 aromatic rings. The van der Waals surface area contributed by atoms with Crippen LogP contribution in [0, 0.1) is 5.92 Å². The number of thiophene rings is 2. The maximum atomic E-state index is 13.1. The van der Waals surface area contributed by atoms with Crippen molar-refractivity contribution in [2.24, 2.45) is 5.92 Å². The minimum Gasteiger partial charge on any atom is -0.292 e. The van der Waals surface area contributed by atoms with Gasteiger partial charge >= 0.3 is 0 Å². The summed E-state index contributed by atoms with van der Waals surface area (Å²) in [6.07, 6.45) is 3.15. The van der Waals surface area contributed by atoms with Crippen LogP contribution >= 0.6 is 34.4 Å². The van der Waals surface area contributed by atoms with Gasteiger partial charge in [-0.25, -0.2) is 4.98 Å². The Hall–Kier alpha value is -1.44. The highest BCUT2D eigenvalue weighted by molar-refractivity contribution is 7.99. The molecule has 0 unspecified atom stereocenters. The van der Waals surface area contributed by atoms with Gasteiger partial charge in [0.05, 0.1) is 16.0 Å². The molecule has 136 valence electrons. The molecule has 0 aromatic carbocycles. The molecule has 3 heterocycles. The van der Waals surface area contributed by atoms with E-state index in [4.69, 9.17) is 4.98 Å². The molecule has 0 aliphatic heterocycles. The summed E-state index contributed by atoms with van der Waals surface area (Å²) < 4.78 is 1.72. The highest BCUT2D eigenvalue weighted by atomic mass is 32.2. The summed E-state index contributed by atoms with van der Waals surface area (Å²) in [6.45, 7) is 4.79. The largest absolute Gasteiger partial charge is 0.292 e. The monoisotopic (exact) mass is 404 g/mol. The first-order valence-corrected chi connectivity index (χ1v) is 11.5. The van der Waals surface area contributed by atoms with Crippen LogP contribution in [0.2, 0.25) is 0 Å². The van der Waals surface area contributed by atoms with Gasteiger partial charge in [0.15, 0.2) is 10.9 Å². The average Bonchev–Trinajstić information content (AvgIpc) is 3.26.